The Balaban J connectivity index is 0.987. The summed E-state index contributed by atoms with van der Waals surface area (Å²) in [6.45, 7) is 3.58. The lowest BCUT2D eigenvalue weighted by molar-refractivity contribution is 0.0981. The first-order valence-corrected chi connectivity index (χ1v) is 13.8. The summed E-state index contributed by atoms with van der Waals surface area (Å²) in [6.07, 6.45) is 4.81. The fourth-order valence-electron chi connectivity index (χ4n) is 4.72. The Morgan fingerprint density at radius 1 is 0.971 bits per heavy atom. The maximum absolute atomic E-state index is 12.2. The molecular weight excluding hydrogens is 450 g/mol. The third-order valence-corrected chi connectivity index (χ3v) is 8.87. The first-order valence-electron chi connectivity index (χ1n) is 12.3. The van der Waals surface area contributed by atoms with Crippen molar-refractivity contribution in [2.75, 3.05) is 26.2 Å². The highest BCUT2D eigenvalue weighted by Crippen LogP contribution is 2.41. The highest BCUT2D eigenvalue weighted by atomic mass is 32.2. The van der Waals surface area contributed by atoms with Gasteiger partial charge in [-0.25, -0.2) is 13.1 Å². The number of nitrogens with one attached hydrogen (secondary N) is 2. The predicted octanol–water partition coefficient (Wildman–Crippen LogP) is 2.90. The summed E-state index contributed by atoms with van der Waals surface area (Å²) in [4.78, 5) is 14.6. The van der Waals surface area contributed by atoms with Crippen molar-refractivity contribution in [3.05, 3.63) is 65.7 Å². The zero-order valence-electron chi connectivity index (χ0n) is 19.4. The third-order valence-electron chi connectivity index (χ3n) is 7.05. The van der Waals surface area contributed by atoms with Gasteiger partial charge in [-0.1, -0.05) is 30.3 Å². The van der Waals surface area contributed by atoms with Gasteiger partial charge < -0.3 is 10.1 Å². The molecule has 1 aliphatic heterocycles. The molecule has 7 nitrogen and oxygen atoms in total. The summed E-state index contributed by atoms with van der Waals surface area (Å²) in [5, 5.41) is 3.44. The minimum absolute atomic E-state index is 0.316. The van der Waals surface area contributed by atoms with Crippen molar-refractivity contribution < 1.29 is 17.9 Å². The molecule has 1 unspecified atom stereocenters. The molecule has 0 radical (unpaired) electrons. The number of rotatable bonds is 10. The molecule has 3 aliphatic rings. The molecule has 0 aromatic heterocycles. The molecule has 0 spiro atoms. The maximum atomic E-state index is 12.2. The van der Waals surface area contributed by atoms with E-state index in [0.717, 1.165) is 32.5 Å². The summed E-state index contributed by atoms with van der Waals surface area (Å²) in [7, 11) is -3.54. The van der Waals surface area contributed by atoms with Gasteiger partial charge in [-0.3, -0.25) is 9.69 Å². The van der Waals surface area contributed by atoms with Gasteiger partial charge in [0.1, 0.15) is 12.4 Å². The van der Waals surface area contributed by atoms with Crippen LogP contribution in [0.3, 0.4) is 0 Å². The number of benzene rings is 2. The summed E-state index contributed by atoms with van der Waals surface area (Å²) in [6, 6.07) is 18.6. The number of hydrogen-bond donors (Lipinski definition) is 2. The number of amides is 1. The van der Waals surface area contributed by atoms with E-state index in [1.165, 1.54) is 12.0 Å². The first kappa shape index (κ1) is 23.3. The molecule has 0 bridgehead atoms. The van der Waals surface area contributed by atoms with Gasteiger partial charge in [-0.2, -0.15) is 0 Å². The number of carbonyl (C=O) groups excluding carboxylic acids is 1. The summed E-state index contributed by atoms with van der Waals surface area (Å²) < 4.78 is 31.8. The number of hydrogen-bond acceptors (Lipinski definition) is 6. The van der Waals surface area contributed by atoms with Gasteiger partial charge in [0.2, 0.25) is 10.0 Å². The van der Waals surface area contributed by atoms with Gasteiger partial charge in [0.15, 0.2) is 0 Å². The molecule has 8 heteroatoms. The molecule has 182 valence electrons. The Kier molecular flexibility index (Phi) is 6.90. The fraction of sp³-hybridized carbons (Fsp3) is 0.500. The summed E-state index contributed by atoms with van der Waals surface area (Å²) in [5.41, 5.74) is 1.77. The Hall–Kier alpha value is -2.42. The van der Waals surface area contributed by atoms with Gasteiger partial charge in [0, 0.05) is 30.1 Å². The van der Waals surface area contributed by atoms with E-state index in [0.29, 0.717) is 48.8 Å². The van der Waals surface area contributed by atoms with E-state index in [-0.39, 0.29) is 0 Å². The SMILES string of the molecule is O=C(NS(=O)(=O)C1CC1)c1ccc(OCCN2CCC(NC3C[C@H]3c3ccccc3)CC2)cc1. The highest BCUT2D eigenvalue weighted by molar-refractivity contribution is 7.91. The molecule has 2 aromatic rings. The van der Waals surface area contributed by atoms with Crippen molar-refractivity contribution >= 4 is 15.9 Å². The van der Waals surface area contributed by atoms with Crippen molar-refractivity contribution in [3.63, 3.8) is 0 Å². The van der Waals surface area contributed by atoms with Crippen LogP contribution in [-0.2, 0) is 10.0 Å². The van der Waals surface area contributed by atoms with E-state index in [1.54, 1.807) is 24.3 Å². The van der Waals surface area contributed by atoms with Crippen molar-refractivity contribution in [1.29, 1.82) is 0 Å². The average Bonchev–Trinajstić information content (AvgIpc) is 3.76. The molecule has 2 N–H and O–H groups in total. The smallest absolute Gasteiger partial charge is 0.264 e. The van der Waals surface area contributed by atoms with Crippen LogP contribution in [0.1, 0.15) is 53.9 Å². The molecule has 2 aromatic carbocycles. The number of likely N-dealkylation sites (tertiary alicyclic amines) is 1. The molecule has 1 amide bonds. The van der Waals surface area contributed by atoms with Crippen LogP contribution in [0.4, 0.5) is 0 Å². The average molecular weight is 484 g/mol. The maximum Gasteiger partial charge on any atom is 0.264 e. The minimum atomic E-state index is -3.54. The Bertz CT molecular complexity index is 1080. The van der Waals surface area contributed by atoms with Crippen LogP contribution in [0.5, 0.6) is 5.75 Å². The van der Waals surface area contributed by atoms with Crippen LogP contribution < -0.4 is 14.8 Å². The molecule has 2 saturated carbocycles. The van der Waals surface area contributed by atoms with Crippen LogP contribution in [0.25, 0.3) is 0 Å². The van der Waals surface area contributed by atoms with E-state index in [1.807, 2.05) is 0 Å². The Morgan fingerprint density at radius 2 is 1.68 bits per heavy atom. The Morgan fingerprint density at radius 3 is 2.35 bits per heavy atom. The number of sulfonamides is 1. The lowest BCUT2D eigenvalue weighted by Gasteiger charge is -2.32. The van der Waals surface area contributed by atoms with Crippen LogP contribution in [0.15, 0.2) is 54.6 Å². The summed E-state index contributed by atoms with van der Waals surface area (Å²) >= 11 is 0. The van der Waals surface area contributed by atoms with Gasteiger partial charge >= 0.3 is 0 Å². The standard InChI is InChI=1S/C26H33N3O4S/c30-26(28-34(31,32)23-10-11-23)20-6-8-22(9-7-20)33-17-16-29-14-12-21(13-15-29)27-25-18-24(25)19-4-2-1-3-5-19/h1-9,21,23-25,27H,10-18H2,(H,28,30)/t24-,25?/m0/s1. The van der Waals surface area contributed by atoms with Gasteiger partial charge in [-0.05, 0) is 75.0 Å². The number of carbonyl (C=O) groups is 1. The van der Waals surface area contributed by atoms with Crippen molar-refractivity contribution in [1.82, 2.24) is 14.9 Å². The zero-order chi connectivity index (χ0) is 23.5. The lowest BCUT2D eigenvalue weighted by atomic mass is 10.0. The van der Waals surface area contributed by atoms with Crippen molar-refractivity contribution in [2.45, 2.75) is 55.4 Å². The van der Waals surface area contributed by atoms with E-state index >= 15 is 0 Å². The second-order valence-corrected chi connectivity index (χ2v) is 11.7. The first-order chi connectivity index (χ1) is 16.5. The second-order valence-electron chi connectivity index (χ2n) is 9.69. The number of ether oxygens (including phenoxy) is 1. The molecule has 5 rings (SSSR count). The summed E-state index contributed by atoms with van der Waals surface area (Å²) in [5.74, 6) is 0.766. The highest BCUT2D eigenvalue weighted by Gasteiger charge is 2.39. The zero-order valence-corrected chi connectivity index (χ0v) is 20.2. The van der Waals surface area contributed by atoms with Crippen LogP contribution in [0, 0.1) is 0 Å². The van der Waals surface area contributed by atoms with E-state index in [4.69, 9.17) is 4.74 Å². The van der Waals surface area contributed by atoms with E-state index in [2.05, 4.69) is 45.3 Å². The van der Waals surface area contributed by atoms with Gasteiger partial charge in [0.05, 0.1) is 5.25 Å². The number of nitrogens with zero attached hydrogens (tertiary/aromatic N) is 1. The molecule has 3 fully saturated rings. The van der Waals surface area contributed by atoms with Gasteiger partial charge in [0.25, 0.3) is 5.91 Å². The van der Waals surface area contributed by atoms with Crippen molar-refractivity contribution in [2.24, 2.45) is 0 Å². The lowest BCUT2D eigenvalue weighted by Crippen LogP contribution is -2.44. The molecule has 1 heterocycles. The molecule has 2 aliphatic carbocycles. The Labute approximate surface area is 201 Å². The van der Waals surface area contributed by atoms with Crippen LogP contribution in [0.2, 0.25) is 0 Å². The third kappa shape index (κ3) is 5.98. The minimum Gasteiger partial charge on any atom is -0.492 e. The molecule has 1 saturated heterocycles. The second kappa shape index (κ2) is 10.1. The fourth-order valence-corrected chi connectivity index (χ4v) is 6.02. The largest absolute Gasteiger partial charge is 0.492 e. The topological polar surface area (TPSA) is 87.7 Å². The van der Waals surface area contributed by atoms with Crippen LogP contribution in [-0.4, -0.2) is 62.8 Å². The quantitative estimate of drug-likeness (QED) is 0.540. The molecular formula is C26H33N3O4S. The van der Waals surface area contributed by atoms with E-state index < -0.39 is 21.2 Å². The molecule has 34 heavy (non-hydrogen) atoms. The molecule has 2 atom stereocenters. The van der Waals surface area contributed by atoms with Crippen LogP contribution >= 0.6 is 0 Å². The van der Waals surface area contributed by atoms with E-state index in [9.17, 15) is 13.2 Å². The normalized spacial score (nSPS) is 23.4. The monoisotopic (exact) mass is 483 g/mol. The van der Waals surface area contributed by atoms with Crippen molar-refractivity contribution in [3.8, 4) is 5.75 Å². The number of piperidine rings is 1. The predicted molar refractivity (Wildman–Crippen MR) is 132 cm³/mol. The van der Waals surface area contributed by atoms with Gasteiger partial charge in [-0.15, -0.1) is 0 Å².